The number of rotatable bonds is 8. The first-order chi connectivity index (χ1) is 14.3. The van der Waals surface area contributed by atoms with Gasteiger partial charge in [0.2, 0.25) is 0 Å². The van der Waals surface area contributed by atoms with Crippen molar-refractivity contribution >= 4 is 46.3 Å². The molecule has 0 unspecified atom stereocenters. The van der Waals surface area contributed by atoms with E-state index in [9.17, 15) is 22.8 Å². The van der Waals surface area contributed by atoms with Gasteiger partial charge in [-0.1, -0.05) is 30.4 Å². The fourth-order valence-corrected chi connectivity index (χ4v) is 4.12. The number of hydrogen-bond donors (Lipinski definition) is 1. The fourth-order valence-electron chi connectivity index (χ4n) is 2.83. The molecule has 30 heavy (non-hydrogen) atoms. The number of thioether (sulfide) groups is 1. The number of benzene rings is 1. The molecule has 158 valence electrons. The van der Waals surface area contributed by atoms with Gasteiger partial charge in [-0.15, -0.1) is 0 Å². The standard InChI is InChI=1S/C20H16F3NO4S2/c21-13-8-11(9-14(22)18(13)23)15-6-5-12(28-15)10-16-19(27)24(20(29)30-16)7-3-1-2-4-17(25)26/h5-6,8-10H,1-4,7H2,(H,25,26). The van der Waals surface area contributed by atoms with E-state index < -0.39 is 23.4 Å². The Bertz CT molecular complexity index is 1010. The predicted molar refractivity (Wildman–Crippen MR) is 110 cm³/mol. The van der Waals surface area contributed by atoms with E-state index >= 15 is 0 Å². The molecular formula is C20H16F3NO4S2. The van der Waals surface area contributed by atoms with Gasteiger partial charge in [-0.2, -0.15) is 0 Å². The van der Waals surface area contributed by atoms with Gasteiger partial charge in [0, 0.05) is 24.6 Å². The summed E-state index contributed by atoms with van der Waals surface area (Å²) in [5, 5.41) is 8.64. The molecule has 1 N–H and O–H groups in total. The molecule has 1 aromatic carbocycles. The molecule has 1 aliphatic rings. The second-order valence-corrected chi connectivity index (χ2v) is 8.17. The lowest BCUT2D eigenvalue weighted by molar-refractivity contribution is -0.137. The summed E-state index contributed by atoms with van der Waals surface area (Å²) in [6.45, 7) is 0.388. The molecule has 1 amide bonds. The van der Waals surface area contributed by atoms with E-state index in [2.05, 4.69) is 0 Å². The van der Waals surface area contributed by atoms with Gasteiger partial charge in [-0.25, -0.2) is 13.2 Å². The molecule has 1 aliphatic heterocycles. The summed E-state index contributed by atoms with van der Waals surface area (Å²) in [4.78, 5) is 24.9. The van der Waals surface area contributed by atoms with Gasteiger partial charge in [0.1, 0.15) is 15.8 Å². The zero-order valence-electron chi connectivity index (χ0n) is 15.5. The summed E-state index contributed by atoms with van der Waals surface area (Å²) < 4.78 is 45.9. The number of furan rings is 1. The first-order valence-electron chi connectivity index (χ1n) is 8.98. The Hall–Kier alpha value is -2.59. The molecule has 2 aromatic rings. The highest BCUT2D eigenvalue weighted by Crippen LogP contribution is 2.34. The van der Waals surface area contributed by atoms with Gasteiger partial charge in [0.15, 0.2) is 17.5 Å². The van der Waals surface area contributed by atoms with Gasteiger partial charge >= 0.3 is 5.97 Å². The maximum Gasteiger partial charge on any atom is 0.303 e. The molecule has 10 heteroatoms. The van der Waals surface area contributed by atoms with Crippen LogP contribution in [0.1, 0.15) is 31.4 Å². The number of thiocarbonyl (C=S) groups is 1. The van der Waals surface area contributed by atoms with Crippen molar-refractivity contribution in [3.63, 3.8) is 0 Å². The van der Waals surface area contributed by atoms with E-state index in [1.54, 1.807) is 0 Å². The van der Waals surface area contributed by atoms with Crippen LogP contribution in [0, 0.1) is 17.5 Å². The highest BCUT2D eigenvalue weighted by molar-refractivity contribution is 8.26. The average molecular weight is 455 g/mol. The SMILES string of the molecule is O=C(O)CCCCCN1C(=O)C(=Cc2ccc(-c3cc(F)c(F)c(F)c3)o2)SC1=S. The number of carbonyl (C=O) groups is 2. The van der Waals surface area contributed by atoms with Gasteiger partial charge < -0.3 is 9.52 Å². The zero-order chi connectivity index (χ0) is 21.8. The molecule has 0 aliphatic carbocycles. The summed E-state index contributed by atoms with van der Waals surface area (Å²) >= 11 is 6.34. The van der Waals surface area contributed by atoms with Crippen LogP contribution in [0.4, 0.5) is 13.2 Å². The van der Waals surface area contributed by atoms with Gasteiger partial charge in [-0.05, 0) is 37.1 Å². The quantitative estimate of drug-likeness (QED) is 0.255. The molecule has 3 rings (SSSR count). The van der Waals surface area contributed by atoms with E-state index in [0.717, 1.165) is 23.9 Å². The Labute approximate surface area is 179 Å². The molecule has 0 atom stereocenters. The van der Waals surface area contributed by atoms with Gasteiger partial charge in [0.05, 0.1) is 4.91 Å². The summed E-state index contributed by atoms with van der Waals surface area (Å²) in [6.07, 6.45) is 3.37. The van der Waals surface area contributed by atoms with Gasteiger partial charge in [-0.3, -0.25) is 14.5 Å². The molecule has 0 saturated carbocycles. The zero-order valence-corrected chi connectivity index (χ0v) is 17.1. The number of unbranched alkanes of at least 4 members (excludes halogenated alkanes) is 2. The van der Waals surface area contributed by atoms with E-state index in [1.165, 1.54) is 23.1 Å². The maximum absolute atomic E-state index is 13.4. The van der Waals surface area contributed by atoms with Crippen LogP contribution < -0.4 is 0 Å². The summed E-state index contributed by atoms with van der Waals surface area (Å²) in [6, 6.07) is 4.63. The average Bonchev–Trinajstić information content (AvgIpc) is 3.25. The topological polar surface area (TPSA) is 70.8 Å². The van der Waals surface area contributed by atoms with Crippen molar-refractivity contribution in [2.24, 2.45) is 0 Å². The number of carbonyl (C=O) groups excluding carboxylic acids is 1. The first-order valence-corrected chi connectivity index (χ1v) is 10.2. The van der Waals surface area contributed by atoms with E-state index in [4.69, 9.17) is 21.7 Å². The predicted octanol–water partition coefficient (Wildman–Crippen LogP) is 5.21. The Kier molecular flexibility index (Phi) is 6.99. The second kappa shape index (κ2) is 9.48. The van der Waals surface area contributed by atoms with Crippen LogP contribution in [0.3, 0.4) is 0 Å². The minimum Gasteiger partial charge on any atom is -0.481 e. The van der Waals surface area contributed by atoms with Crippen LogP contribution in [-0.2, 0) is 9.59 Å². The number of nitrogens with zero attached hydrogens (tertiary/aromatic N) is 1. The Morgan fingerprint density at radius 2 is 1.87 bits per heavy atom. The Morgan fingerprint density at radius 1 is 1.17 bits per heavy atom. The molecule has 2 heterocycles. The Morgan fingerprint density at radius 3 is 2.53 bits per heavy atom. The van der Waals surface area contributed by atoms with Crippen LogP contribution >= 0.6 is 24.0 Å². The number of carboxylic acid groups (broad SMARTS) is 1. The van der Waals surface area contributed by atoms with E-state index in [1.807, 2.05) is 0 Å². The monoisotopic (exact) mass is 455 g/mol. The number of halogens is 3. The van der Waals surface area contributed by atoms with Crippen LogP contribution in [-0.4, -0.2) is 32.7 Å². The highest BCUT2D eigenvalue weighted by Gasteiger charge is 2.31. The van der Waals surface area contributed by atoms with Crippen molar-refractivity contribution in [3.05, 3.63) is 52.4 Å². The summed E-state index contributed by atoms with van der Waals surface area (Å²) in [5.74, 6) is -4.96. The third-order valence-electron chi connectivity index (χ3n) is 4.31. The number of aliphatic carboxylic acids is 1. The van der Waals surface area contributed by atoms with Crippen molar-refractivity contribution < 1.29 is 32.3 Å². The molecule has 1 aromatic heterocycles. The largest absolute Gasteiger partial charge is 0.481 e. The molecule has 0 radical (unpaired) electrons. The van der Waals surface area contributed by atoms with Crippen molar-refractivity contribution in [3.8, 4) is 11.3 Å². The van der Waals surface area contributed by atoms with Gasteiger partial charge in [0.25, 0.3) is 5.91 Å². The summed E-state index contributed by atoms with van der Waals surface area (Å²) in [7, 11) is 0. The van der Waals surface area contributed by atoms with Crippen LogP contribution in [0.2, 0.25) is 0 Å². The third-order valence-corrected chi connectivity index (χ3v) is 5.69. The summed E-state index contributed by atoms with van der Waals surface area (Å²) in [5.41, 5.74) is 0.0277. The highest BCUT2D eigenvalue weighted by atomic mass is 32.2. The molecular weight excluding hydrogens is 439 g/mol. The molecule has 1 fully saturated rings. The van der Waals surface area contributed by atoms with Crippen LogP contribution in [0.5, 0.6) is 0 Å². The minimum absolute atomic E-state index is 0.0277. The maximum atomic E-state index is 13.4. The lowest BCUT2D eigenvalue weighted by atomic mass is 10.1. The minimum atomic E-state index is -1.56. The lowest BCUT2D eigenvalue weighted by Crippen LogP contribution is -2.29. The second-order valence-electron chi connectivity index (χ2n) is 6.49. The third kappa shape index (κ3) is 5.11. The first kappa shape index (κ1) is 22.1. The smallest absolute Gasteiger partial charge is 0.303 e. The molecule has 5 nitrogen and oxygen atoms in total. The van der Waals surface area contributed by atoms with Crippen molar-refractivity contribution in [1.82, 2.24) is 4.90 Å². The van der Waals surface area contributed by atoms with E-state index in [0.29, 0.717) is 35.0 Å². The van der Waals surface area contributed by atoms with E-state index in [-0.39, 0.29) is 29.4 Å². The van der Waals surface area contributed by atoms with Crippen molar-refractivity contribution in [1.29, 1.82) is 0 Å². The van der Waals surface area contributed by atoms with Crippen LogP contribution in [0.25, 0.3) is 17.4 Å². The lowest BCUT2D eigenvalue weighted by Gasteiger charge is -2.13. The number of amides is 1. The molecule has 0 spiro atoms. The van der Waals surface area contributed by atoms with Crippen LogP contribution in [0.15, 0.2) is 33.6 Å². The molecule has 0 bridgehead atoms. The Balaban J connectivity index is 1.67. The number of carboxylic acids is 1. The fraction of sp³-hybridized carbons (Fsp3) is 0.250. The molecule has 1 saturated heterocycles. The normalized spacial score (nSPS) is 15.4. The van der Waals surface area contributed by atoms with Crippen molar-refractivity contribution in [2.45, 2.75) is 25.7 Å². The number of hydrogen-bond acceptors (Lipinski definition) is 5. The van der Waals surface area contributed by atoms with Crippen molar-refractivity contribution in [2.75, 3.05) is 6.54 Å².